The number of hydrogen-bond acceptors (Lipinski definition) is 5. The van der Waals surface area contributed by atoms with E-state index in [9.17, 15) is 9.59 Å². The third-order valence-electron chi connectivity index (χ3n) is 7.56. The van der Waals surface area contributed by atoms with Gasteiger partial charge in [0.05, 0.1) is 6.04 Å². The van der Waals surface area contributed by atoms with Crippen LogP contribution in [0, 0.1) is 12.3 Å². The lowest BCUT2D eigenvalue weighted by Gasteiger charge is -2.58. The molecule has 0 atom stereocenters. The molecule has 8 nitrogen and oxygen atoms in total. The molecule has 0 bridgehead atoms. The Hall–Kier alpha value is -2.25. The molecule has 1 aromatic heterocycles. The summed E-state index contributed by atoms with van der Waals surface area (Å²) in [4.78, 5) is 30.6. The number of aromatic nitrogens is 2. The number of likely N-dealkylation sites (tertiary alicyclic amines) is 1. The first-order valence-corrected chi connectivity index (χ1v) is 12.3. The van der Waals surface area contributed by atoms with Crippen molar-refractivity contribution in [2.24, 2.45) is 5.41 Å². The molecular formula is C25H41N5O3. The smallest absolute Gasteiger partial charge is 0.410 e. The summed E-state index contributed by atoms with van der Waals surface area (Å²) < 4.78 is 7.70. The van der Waals surface area contributed by atoms with Gasteiger partial charge in [0.2, 0.25) is 5.91 Å². The van der Waals surface area contributed by atoms with E-state index in [1.54, 1.807) is 0 Å². The van der Waals surface area contributed by atoms with Gasteiger partial charge in [-0.15, -0.1) is 0 Å². The van der Waals surface area contributed by atoms with E-state index in [0.29, 0.717) is 12.5 Å². The minimum atomic E-state index is -0.452. The van der Waals surface area contributed by atoms with Gasteiger partial charge in [-0.2, -0.15) is 5.10 Å². The number of nitrogens with zero attached hydrogens (tertiary/aromatic N) is 5. The largest absolute Gasteiger partial charge is 0.444 e. The average molecular weight is 460 g/mol. The van der Waals surface area contributed by atoms with Gasteiger partial charge in [-0.3, -0.25) is 9.48 Å². The fourth-order valence-electron chi connectivity index (χ4n) is 5.57. The van der Waals surface area contributed by atoms with Gasteiger partial charge in [0.15, 0.2) is 5.82 Å². The van der Waals surface area contributed by atoms with Crippen LogP contribution in [0.5, 0.6) is 0 Å². The van der Waals surface area contributed by atoms with E-state index >= 15 is 0 Å². The van der Waals surface area contributed by atoms with Gasteiger partial charge >= 0.3 is 6.09 Å². The Morgan fingerprint density at radius 1 is 1.18 bits per heavy atom. The van der Waals surface area contributed by atoms with E-state index in [-0.39, 0.29) is 23.0 Å². The van der Waals surface area contributed by atoms with Gasteiger partial charge < -0.3 is 19.4 Å². The quantitative estimate of drug-likeness (QED) is 0.669. The maximum Gasteiger partial charge on any atom is 0.410 e. The van der Waals surface area contributed by atoms with Crippen LogP contribution in [0.2, 0.25) is 0 Å². The second-order valence-corrected chi connectivity index (χ2v) is 12.1. The van der Waals surface area contributed by atoms with Gasteiger partial charge in [-0.05, 0) is 67.2 Å². The lowest BCUT2D eigenvalue weighted by molar-refractivity contribution is -0.129. The molecule has 33 heavy (non-hydrogen) atoms. The molecule has 0 N–H and O–H groups in total. The van der Waals surface area contributed by atoms with E-state index in [0.717, 1.165) is 57.7 Å². The van der Waals surface area contributed by atoms with Crippen LogP contribution in [0.25, 0.3) is 0 Å². The maximum absolute atomic E-state index is 12.3. The van der Waals surface area contributed by atoms with Crippen molar-refractivity contribution in [3.05, 3.63) is 11.8 Å². The molecule has 3 fully saturated rings. The van der Waals surface area contributed by atoms with Crippen LogP contribution < -0.4 is 4.90 Å². The summed E-state index contributed by atoms with van der Waals surface area (Å²) in [6.07, 6.45) is 4.24. The Balaban J connectivity index is 1.39. The first-order valence-electron chi connectivity index (χ1n) is 12.3. The molecule has 2 amide bonds. The molecule has 1 spiro atoms. The van der Waals surface area contributed by atoms with Crippen LogP contribution in [-0.4, -0.2) is 75.9 Å². The van der Waals surface area contributed by atoms with Crippen molar-refractivity contribution in [1.29, 1.82) is 0 Å². The lowest BCUT2D eigenvalue weighted by atomic mass is 9.61. The topological polar surface area (TPSA) is 70.9 Å². The van der Waals surface area contributed by atoms with Crippen LogP contribution in [-0.2, 0) is 9.53 Å². The molecule has 8 heteroatoms. The number of hydrogen-bond donors (Lipinski definition) is 0. The lowest BCUT2D eigenvalue weighted by Crippen LogP contribution is -2.64. The predicted octanol–water partition coefficient (Wildman–Crippen LogP) is 3.99. The molecule has 2 aliphatic heterocycles. The monoisotopic (exact) mass is 459 g/mol. The van der Waals surface area contributed by atoms with Crippen molar-refractivity contribution >= 4 is 17.8 Å². The molecule has 4 rings (SSSR count). The first-order chi connectivity index (χ1) is 15.3. The zero-order chi connectivity index (χ0) is 24.2. The minimum absolute atomic E-state index is 0.0762. The molecule has 1 saturated carbocycles. The highest BCUT2D eigenvalue weighted by atomic mass is 16.6. The van der Waals surface area contributed by atoms with Gasteiger partial charge in [0, 0.05) is 62.4 Å². The SMILES string of the molecule is Cc1cc(N2CCCC(=O)N(C)CCC2(C)C)nn1C1CC2(C1)CN(C(=O)OC(C)(C)C)C2. The highest BCUT2D eigenvalue weighted by Crippen LogP contribution is 2.54. The second-order valence-electron chi connectivity index (χ2n) is 12.1. The summed E-state index contributed by atoms with van der Waals surface area (Å²) >= 11 is 0. The standard InChI is InChI=1S/C25H41N5O3/c1-18-13-20(29-11-8-9-21(31)27(7)12-10-24(29,5)6)26-30(18)19-14-25(15-19)16-28(17-25)22(32)33-23(2,3)4/h13,19H,8-12,14-17H2,1-7H3. The molecule has 0 radical (unpaired) electrons. The zero-order valence-corrected chi connectivity index (χ0v) is 21.5. The summed E-state index contributed by atoms with van der Waals surface area (Å²) in [5.74, 6) is 1.24. The minimum Gasteiger partial charge on any atom is -0.444 e. The van der Waals surface area contributed by atoms with Crippen molar-refractivity contribution in [2.75, 3.05) is 38.1 Å². The molecule has 1 aliphatic carbocycles. The second kappa shape index (κ2) is 8.20. The summed E-state index contributed by atoms with van der Waals surface area (Å²) in [6, 6.07) is 2.58. The van der Waals surface area contributed by atoms with Crippen LogP contribution in [0.1, 0.15) is 78.5 Å². The zero-order valence-electron chi connectivity index (χ0n) is 21.5. The Kier molecular flexibility index (Phi) is 5.94. The van der Waals surface area contributed by atoms with Crippen LogP contribution in [0.15, 0.2) is 6.07 Å². The molecule has 3 heterocycles. The Morgan fingerprint density at radius 2 is 1.85 bits per heavy atom. The Bertz CT molecular complexity index is 902. The first kappa shape index (κ1) is 23.9. The number of aryl methyl sites for hydroxylation is 1. The van der Waals surface area contributed by atoms with Gasteiger partial charge in [0.25, 0.3) is 0 Å². The van der Waals surface area contributed by atoms with Crippen molar-refractivity contribution < 1.29 is 14.3 Å². The third-order valence-corrected chi connectivity index (χ3v) is 7.56. The summed E-state index contributed by atoms with van der Waals surface area (Å²) in [7, 11) is 1.91. The van der Waals surface area contributed by atoms with E-state index in [1.807, 2.05) is 37.6 Å². The number of carbonyl (C=O) groups is 2. The van der Waals surface area contributed by atoms with E-state index in [2.05, 4.69) is 36.4 Å². The highest BCUT2D eigenvalue weighted by Gasteiger charge is 2.55. The normalized spacial score (nSPS) is 23.5. The van der Waals surface area contributed by atoms with Crippen molar-refractivity contribution in [1.82, 2.24) is 19.6 Å². The molecule has 184 valence electrons. The van der Waals surface area contributed by atoms with Crippen molar-refractivity contribution in [3.63, 3.8) is 0 Å². The number of rotatable bonds is 2. The molecule has 0 aromatic carbocycles. The molecule has 2 saturated heterocycles. The fraction of sp³-hybridized carbons (Fsp3) is 0.800. The maximum atomic E-state index is 12.3. The number of amides is 2. The Labute approximate surface area is 198 Å². The summed E-state index contributed by atoms with van der Waals surface area (Å²) in [6.45, 7) is 15.5. The summed E-state index contributed by atoms with van der Waals surface area (Å²) in [5, 5.41) is 5.06. The van der Waals surface area contributed by atoms with E-state index in [1.165, 1.54) is 5.69 Å². The fourth-order valence-corrected chi connectivity index (χ4v) is 5.57. The van der Waals surface area contributed by atoms with Crippen molar-refractivity contribution in [2.45, 2.75) is 90.8 Å². The van der Waals surface area contributed by atoms with E-state index < -0.39 is 5.60 Å². The van der Waals surface area contributed by atoms with Crippen LogP contribution >= 0.6 is 0 Å². The van der Waals surface area contributed by atoms with Crippen LogP contribution in [0.3, 0.4) is 0 Å². The molecule has 0 unspecified atom stereocenters. The Morgan fingerprint density at radius 3 is 2.48 bits per heavy atom. The van der Waals surface area contributed by atoms with E-state index in [4.69, 9.17) is 9.84 Å². The third kappa shape index (κ3) is 4.85. The summed E-state index contributed by atoms with van der Waals surface area (Å²) in [5.41, 5.74) is 0.875. The highest BCUT2D eigenvalue weighted by molar-refractivity contribution is 5.76. The average Bonchev–Trinajstić information content (AvgIpc) is 3.00. The van der Waals surface area contributed by atoms with Crippen LogP contribution in [0.4, 0.5) is 10.6 Å². The molecule has 3 aliphatic rings. The number of ether oxygens (including phenoxy) is 1. The number of carbonyl (C=O) groups excluding carboxylic acids is 2. The molecule has 1 aromatic rings. The molecular weight excluding hydrogens is 418 g/mol. The number of anilines is 1. The van der Waals surface area contributed by atoms with Gasteiger partial charge in [0.1, 0.15) is 5.60 Å². The van der Waals surface area contributed by atoms with Gasteiger partial charge in [-0.1, -0.05) is 0 Å². The van der Waals surface area contributed by atoms with Crippen molar-refractivity contribution in [3.8, 4) is 0 Å². The predicted molar refractivity (Wildman–Crippen MR) is 128 cm³/mol. The van der Waals surface area contributed by atoms with Gasteiger partial charge in [-0.25, -0.2) is 4.79 Å².